The topological polar surface area (TPSA) is 95.9 Å². The van der Waals surface area contributed by atoms with E-state index in [1.165, 1.54) is 283 Å². The molecular formula is C70H131NO5. The number of carbonyl (C=O) groups is 2. The molecule has 0 aliphatic carbocycles. The van der Waals surface area contributed by atoms with E-state index in [1.807, 2.05) is 6.08 Å². The van der Waals surface area contributed by atoms with Crippen molar-refractivity contribution >= 4 is 11.9 Å². The number of nitrogens with one attached hydrogen (secondary N) is 1. The van der Waals surface area contributed by atoms with Gasteiger partial charge in [0.15, 0.2) is 0 Å². The van der Waals surface area contributed by atoms with Crippen LogP contribution in [0.4, 0.5) is 0 Å². The Bertz CT molecular complexity index is 1270. The van der Waals surface area contributed by atoms with Crippen molar-refractivity contribution in [2.45, 2.75) is 373 Å². The van der Waals surface area contributed by atoms with Crippen LogP contribution in [0.1, 0.15) is 361 Å². The Morgan fingerprint density at radius 1 is 0.368 bits per heavy atom. The van der Waals surface area contributed by atoms with Crippen molar-refractivity contribution in [1.82, 2.24) is 5.32 Å². The van der Waals surface area contributed by atoms with Gasteiger partial charge in [0.05, 0.1) is 25.4 Å². The predicted octanol–water partition coefficient (Wildman–Crippen LogP) is 21.7. The molecule has 1 amide bonds. The molecule has 3 N–H and O–H groups in total. The van der Waals surface area contributed by atoms with Gasteiger partial charge in [0.2, 0.25) is 5.91 Å². The van der Waals surface area contributed by atoms with Crippen LogP contribution in [0.15, 0.2) is 48.6 Å². The minimum atomic E-state index is -0.849. The van der Waals surface area contributed by atoms with Gasteiger partial charge < -0.3 is 20.3 Å². The Hall–Kier alpha value is -2.18. The summed E-state index contributed by atoms with van der Waals surface area (Å²) in [7, 11) is 0. The molecule has 446 valence electrons. The Morgan fingerprint density at radius 2 is 0.671 bits per heavy atom. The summed E-state index contributed by atoms with van der Waals surface area (Å²) in [6.45, 7) is 4.88. The molecule has 2 atom stereocenters. The van der Waals surface area contributed by atoms with Crippen LogP contribution < -0.4 is 5.32 Å². The number of aliphatic hydroxyl groups excluding tert-OH is 2. The summed E-state index contributed by atoms with van der Waals surface area (Å²) in [5.41, 5.74) is 0. The molecule has 0 aliphatic rings. The third kappa shape index (κ3) is 61.0. The number of rotatable bonds is 63. The smallest absolute Gasteiger partial charge is 0.305 e. The van der Waals surface area contributed by atoms with E-state index in [2.05, 4.69) is 55.6 Å². The van der Waals surface area contributed by atoms with Gasteiger partial charge in [-0.15, -0.1) is 0 Å². The van der Waals surface area contributed by atoms with Crippen LogP contribution in [0.25, 0.3) is 0 Å². The maximum absolute atomic E-state index is 12.5. The number of esters is 1. The molecule has 76 heavy (non-hydrogen) atoms. The first kappa shape index (κ1) is 73.8. The van der Waals surface area contributed by atoms with Gasteiger partial charge in [-0.1, -0.05) is 313 Å². The van der Waals surface area contributed by atoms with Crippen LogP contribution in [0.2, 0.25) is 0 Å². The van der Waals surface area contributed by atoms with E-state index in [0.717, 1.165) is 51.4 Å². The van der Waals surface area contributed by atoms with Crippen LogP contribution in [-0.2, 0) is 14.3 Å². The summed E-state index contributed by atoms with van der Waals surface area (Å²) < 4.78 is 5.48. The minimum Gasteiger partial charge on any atom is -0.466 e. The highest BCUT2D eigenvalue weighted by Gasteiger charge is 2.18. The lowest BCUT2D eigenvalue weighted by atomic mass is 10.0. The van der Waals surface area contributed by atoms with Gasteiger partial charge in [0.25, 0.3) is 0 Å². The highest BCUT2D eigenvalue weighted by molar-refractivity contribution is 5.76. The fourth-order valence-corrected chi connectivity index (χ4v) is 10.4. The van der Waals surface area contributed by atoms with Gasteiger partial charge in [-0.3, -0.25) is 9.59 Å². The average molecular weight is 1070 g/mol. The zero-order valence-corrected chi connectivity index (χ0v) is 51.0. The fourth-order valence-electron chi connectivity index (χ4n) is 10.4. The maximum atomic E-state index is 12.5. The standard InChI is InChI=1S/C70H131NO5/c1-3-5-7-9-11-13-15-17-19-20-21-26-29-32-35-38-42-46-50-54-58-62-68(73)67(66-72)71-69(74)63-59-55-51-47-43-39-36-33-30-27-24-22-23-25-28-31-34-37-41-45-49-53-57-61-65-76-70(75)64-60-56-52-48-44-40-18-16-14-12-10-8-6-4-2/h10,12,16,18,24,27,58,62,67-68,72-73H,3-9,11,13-15,17,19-23,25-26,28-57,59-61,63-66H2,1-2H3,(H,71,74)/b12-10-,18-16-,27-24-,62-58+. The lowest BCUT2D eigenvalue weighted by Crippen LogP contribution is -2.45. The first-order chi connectivity index (χ1) is 37.5. The normalized spacial score (nSPS) is 12.8. The second-order valence-electron chi connectivity index (χ2n) is 23.1. The fraction of sp³-hybridized carbons (Fsp3) is 0.857. The lowest BCUT2D eigenvalue weighted by Gasteiger charge is -2.20. The molecule has 0 saturated heterocycles. The predicted molar refractivity (Wildman–Crippen MR) is 333 cm³/mol. The van der Waals surface area contributed by atoms with E-state index in [4.69, 9.17) is 4.74 Å². The molecule has 0 rings (SSSR count). The van der Waals surface area contributed by atoms with E-state index in [1.54, 1.807) is 6.08 Å². The highest BCUT2D eigenvalue weighted by Crippen LogP contribution is 2.18. The molecule has 6 heteroatoms. The molecule has 0 aromatic rings. The Morgan fingerprint density at radius 3 is 1.05 bits per heavy atom. The zero-order chi connectivity index (χ0) is 55.0. The molecule has 0 fully saturated rings. The SMILES string of the molecule is CCCC/C=C\C/C=C\CCCCCCCC(=O)OCCCCCCCCCCCCCC/C=C\CCCCCCCCCCC(=O)NC(CO)C(O)/C=C/CCCCCCCCCCCCCCCCCCCCC. The monoisotopic (exact) mass is 1070 g/mol. The number of hydrogen-bond donors (Lipinski definition) is 3. The molecule has 2 unspecified atom stereocenters. The molecule has 0 saturated carbocycles. The van der Waals surface area contributed by atoms with E-state index in [-0.39, 0.29) is 18.5 Å². The number of allylic oxidation sites excluding steroid dienone is 7. The first-order valence-electron chi connectivity index (χ1n) is 33.9. The van der Waals surface area contributed by atoms with E-state index in [9.17, 15) is 19.8 Å². The molecule has 0 radical (unpaired) electrons. The molecule has 0 aliphatic heterocycles. The van der Waals surface area contributed by atoms with Crippen molar-refractivity contribution in [3.63, 3.8) is 0 Å². The quantitative estimate of drug-likeness (QED) is 0.0320. The molecule has 0 spiro atoms. The van der Waals surface area contributed by atoms with Crippen LogP contribution in [0.3, 0.4) is 0 Å². The van der Waals surface area contributed by atoms with E-state index >= 15 is 0 Å². The summed E-state index contributed by atoms with van der Waals surface area (Å²) in [5.74, 6) is -0.0725. The van der Waals surface area contributed by atoms with Crippen molar-refractivity contribution in [1.29, 1.82) is 0 Å². The molecule has 0 bridgehead atoms. The number of amides is 1. The minimum absolute atomic E-state index is 0.00257. The van der Waals surface area contributed by atoms with Crippen LogP contribution >= 0.6 is 0 Å². The second kappa shape index (κ2) is 65.3. The van der Waals surface area contributed by atoms with Crippen molar-refractivity contribution in [2.75, 3.05) is 13.2 Å². The van der Waals surface area contributed by atoms with Gasteiger partial charge in [-0.25, -0.2) is 0 Å². The van der Waals surface area contributed by atoms with Crippen LogP contribution in [-0.4, -0.2) is 47.4 Å². The zero-order valence-electron chi connectivity index (χ0n) is 51.0. The highest BCUT2D eigenvalue weighted by atomic mass is 16.5. The van der Waals surface area contributed by atoms with Crippen LogP contribution in [0.5, 0.6) is 0 Å². The van der Waals surface area contributed by atoms with Gasteiger partial charge in [0, 0.05) is 12.8 Å². The molecule has 0 aromatic heterocycles. The number of carbonyl (C=O) groups excluding carboxylic acids is 2. The second-order valence-corrected chi connectivity index (χ2v) is 23.1. The van der Waals surface area contributed by atoms with E-state index < -0.39 is 12.1 Å². The van der Waals surface area contributed by atoms with Gasteiger partial charge >= 0.3 is 5.97 Å². The molecular weight excluding hydrogens is 935 g/mol. The lowest BCUT2D eigenvalue weighted by molar-refractivity contribution is -0.143. The Labute approximate surface area is 474 Å². The maximum Gasteiger partial charge on any atom is 0.305 e. The number of ether oxygens (including phenoxy) is 1. The molecule has 0 heterocycles. The third-order valence-corrected chi connectivity index (χ3v) is 15.6. The van der Waals surface area contributed by atoms with Crippen molar-refractivity contribution in [3.05, 3.63) is 48.6 Å². The van der Waals surface area contributed by atoms with Gasteiger partial charge in [-0.2, -0.15) is 0 Å². The largest absolute Gasteiger partial charge is 0.466 e. The van der Waals surface area contributed by atoms with Gasteiger partial charge in [0.1, 0.15) is 0 Å². The first-order valence-corrected chi connectivity index (χ1v) is 33.9. The average Bonchev–Trinajstić information content (AvgIpc) is 3.42. The number of unbranched alkanes of at least 4 members (excludes halogenated alkanes) is 46. The summed E-state index contributed by atoms with van der Waals surface area (Å²) in [4.78, 5) is 24.6. The number of hydrogen-bond acceptors (Lipinski definition) is 5. The van der Waals surface area contributed by atoms with Crippen molar-refractivity contribution < 1.29 is 24.5 Å². The Balaban J connectivity index is 3.44. The summed E-state index contributed by atoms with van der Waals surface area (Å²) in [6.07, 6.45) is 84.6. The van der Waals surface area contributed by atoms with Crippen LogP contribution in [0, 0.1) is 0 Å². The van der Waals surface area contributed by atoms with Crippen molar-refractivity contribution in [2.24, 2.45) is 0 Å². The Kier molecular flexibility index (Phi) is 63.5. The molecule has 6 nitrogen and oxygen atoms in total. The summed E-state index contributed by atoms with van der Waals surface area (Å²) >= 11 is 0. The molecule has 0 aromatic carbocycles. The third-order valence-electron chi connectivity index (χ3n) is 15.6. The number of aliphatic hydroxyl groups is 2. The van der Waals surface area contributed by atoms with Gasteiger partial charge in [-0.05, 0) is 83.5 Å². The van der Waals surface area contributed by atoms with Crippen molar-refractivity contribution in [3.8, 4) is 0 Å². The van der Waals surface area contributed by atoms with E-state index in [0.29, 0.717) is 19.4 Å². The summed E-state index contributed by atoms with van der Waals surface area (Å²) in [5, 5.41) is 23.2. The summed E-state index contributed by atoms with van der Waals surface area (Å²) in [6, 6.07) is -0.633.